The summed E-state index contributed by atoms with van der Waals surface area (Å²) in [6.45, 7) is 2.15. The number of anilines is 1. The van der Waals surface area contributed by atoms with Crippen LogP contribution in [-0.2, 0) is 31.5 Å². The van der Waals surface area contributed by atoms with Crippen LogP contribution in [0.4, 0.5) is 18.9 Å². The summed E-state index contributed by atoms with van der Waals surface area (Å²) in [6, 6.07) is 2.39. The number of carbonyl (C=O) groups excluding carboxylic acids is 4. The Morgan fingerprint density at radius 1 is 1.08 bits per heavy atom. The van der Waals surface area contributed by atoms with Crippen LogP contribution >= 0.6 is 11.9 Å². The van der Waals surface area contributed by atoms with Gasteiger partial charge in [0.05, 0.1) is 24.6 Å². The lowest BCUT2D eigenvalue weighted by Crippen LogP contribution is -2.55. The summed E-state index contributed by atoms with van der Waals surface area (Å²) < 4.78 is 51.1. The molecule has 1 saturated heterocycles. The Balaban J connectivity index is 1.52. The van der Waals surface area contributed by atoms with Gasteiger partial charge >= 0.3 is 5.92 Å². The molecule has 0 bridgehead atoms. The third-order valence-corrected chi connectivity index (χ3v) is 9.51. The predicted molar refractivity (Wildman–Crippen MR) is 182 cm³/mol. The molecule has 1 aromatic heterocycles. The van der Waals surface area contributed by atoms with Gasteiger partial charge in [0, 0.05) is 45.0 Å². The monoisotopic (exact) mass is 720 g/mol. The third-order valence-electron chi connectivity index (χ3n) is 8.94. The number of nitrogens with zero attached hydrogens (tertiary/aromatic N) is 3. The van der Waals surface area contributed by atoms with Crippen molar-refractivity contribution in [3.8, 4) is 5.75 Å². The summed E-state index contributed by atoms with van der Waals surface area (Å²) in [6.07, 6.45) is 6.37. The van der Waals surface area contributed by atoms with E-state index in [1.54, 1.807) is 4.90 Å². The van der Waals surface area contributed by atoms with E-state index in [1.165, 1.54) is 25.4 Å². The van der Waals surface area contributed by atoms with Gasteiger partial charge in [-0.1, -0.05) is 25.3 Å². The molecule has 0 spiro atoms. The maximum absolute atomic E-state index is 15.5. The number of amides is 4. The van der Waals surface area contributed by atoms with Gasteiger partial charge in [-0.25, -0.2) is 4.39 Å². The average Bonchev–Trinajstić information content (AvgIpc) is 3.12. The van der Waals surface area contributed by atoms with E-state index in [0.29, 0.717) is 56.5 Å². The van der Waals surface area contributed by atoms with Crippen molar-refractivity contribution in [2.45, 2.75) is 56.5 Å². The Kier molecular flexibility index (Phi) is 13.5. The second-order valence-corrected chi connectivity index (χ2v) is 13.0. The van der Waals surface area contributed by atoms with E-state index in [0.717, 1.165) is 43.8 Å². The highest BCUT2D eigenvalue weighted by atomic mass is 32.2. The first kappa shape index (κ1) is 38.5. The SMILES string of the molecule is COc1cncc(C(F)(F)C(=O)N[C@H](C(=O)Nc2ccc(C[C@@H](NC(=O)/C(=C/N)SN)C(=O)N3CCN(C)CC3)cc2F)C2CCCCC2)c1. The first-order chi connectivity index (χ1) is 23.9. The van der Waals surface area contributed by atoms with E-state index in [4.69, 9.17) is 15.6 Å². The zero-order valence-electron chi connectivity index (χ0n) is 27.9. The molecule has 1 aliphatic heterocycles. The van der Waals surface area contributed by atoms with Crippen LogP contribution in [0.25, 0.3) is 0 Å². The summed E-state index contributed by atoms with van der Waals surface area (Å²) in [5.41, 5.74) is 4.87. The van der Waals surface area contributed by atoms with E-state index in [1.807, 2.05) is 7.05 Å². The molecule has 2 fully saturated rings. The summed E-state index contributed by atoms with van der Waals surface area (Å²) >= 11 is 0.618. The van der Waals surface area contributed by atoms with Crippen molar-refractivity contribution in [2.24, 2.45) is 16.8 Å². The molecule has 2 heterocycles. The molecular formula is C33H43F3N8O5S. The lowest BCUT2D eigenvalue weighted by Gasteiger charge is -2.35. The average molecular weight is 721 g/mol. The molecule has 7 N–H and O–H groups in total. The third kappa shape index (κ3) is 9.66. The van der Waals surface area contributed by atoms with Gasteiger partial charge in [-0.3, -0.25) is 29.3 Å². The lowest BCUT2D eigenvalue weighted by atomic mass is 9.83. The zero-order valence-corrected chi connectivity index (χ0v) is 28.7. The number of nitrogens with one attached hydrogen (secondary N) is 3. The van der Waals surface area contributed by atoms with Crippen LogP contribution in [-0.4, -0.2) is 90.8 Å². The lowest BCUT2D eigenvalue weighted by molar-refractivity contribution is -0.149. The van der Waals surface area contributed by atoms with Crippen LogP contribution in [0.5, 0.6) is 5.75 Å². The van der Waals surface area contributed by atoms with Crippen LogP contribution in [0.15, 0.2) is 47.8 Å². The summed E-state index contributed by atoms with van der Waals surface area (Å²) in [5.74, 6) is -8.93. The van der Waals surface area contributed by atoms with E-state index in [9.17, 15) is 19.2 Å². The molecule has 1 aliphatic carbocycles. The largest absolute Gasteiger partial charge is 0.495 e. The van der Waals surface area contributed by atoms with Crippen molar-refractivity contribution in [2.75, 3.05) is 45.7 Å². The highest BCUT2D eigenvalue weighted by molar-refractivity contribution is 8.01. The minimum Gasteiger partial charge on any atom is -0.495 e. The van der Waals surface area contributed by atoms with Gasteiger partial charge in [-0.15, -0.1) is 0 Å². The number of nitrogens with two attached hydrogens (primary N) is 2. The molecule has 2 aliphatic rings. The van der Waals surface area contributed by atoms with Crippen molar-refractivity contribution in [3.63, 3.8) is 0 Å². The Morgan fingerprint density at radius 3 is 2.40 bits per heavy atom. The summed E-state index contributed by atoms with van der Waals surface area (Å²) in [4.78, 5) is 60.2. The maximum atomic E-state index is 15.5. The molecule has 50 heavy (non-hydrogen) atoms. The molecule has 1 aromatic carbocycles. The molecule has 0 radical (unpaired) electrons. The quantitative estimate of drug-likeness (QED) is 0.152. The molecule has 4 rings (SSSR count). The number of rotatable bonds is 13. The number of hydrogen-bond acceptors (Lipinski definition) is 10. The van der Waals surface area contributed by atoms with Crippen LogP contribution in [0.1, 0.15) is 43.2 Å². The number of methoxy groups -OCH3 is 1. The topological polar surface area (TPSA) is 185 Å². The Bertz CT molecular complexity index is 1570. The number of carbonyl (C=O) groups is 4. The fourth-order valence-electron chi connectivity index (χ4n) is 6.01. The molecule has 2 aromatic rings. The second kappa shape index (κ2) is 17.5. The van der Waals surface area contributed by atoms with Crippen molar-refractivity contribution in [1.82, 2.24) is 25.4 Å². The normalized spacial score (nSPS) is 17.4. The molecule has 1 saturated carbocycles. The minimum absolute atomic E-state index is 0.0112. The van der Waals surface area contributed by atoms with Gasteiger partial charge < -0.3 is 36.2 Å². The number of likely N-dealkylation sites (N-methyl/N-ethyl adjacent to an activating group) is 1. The number of piperazine rings is 1. The van der Waals surface area contributed by atoms with E-state index < -0.39 is 53.0 Å². The van der Waals surface area contributed by atoms with Gasteiger partial charge in [-0.05, 0) is 61.5 Å². The van der Waals surface area contributed by atoms with Crippen LogP contribution in [0.2, 0.25) is 0 Å². The number of halogens is 3. The molecule has 272 valence electrons. The summed E-state index contributed by atoms with van der Waals surface area (Å²) in [5, 5.41) is 12.8. The number of alkyl halides is 2. The summed E-state index contributed by atoms with van der Waals surface area (Å²) in [7, 11) is 3.21. The van der Waals surface area contributed by atoms with Crippen molar-refractivity contribution >= 4 is 41.3 Å². The standard InChI is InChI=1S/C33H43F3N8O5S/c1-43-10-12-44(13-11-43)31(47)26(41-29(45)27(17-37)50-38)15-20-8-9-25(24(34)14-20)40-30(46)28(21-6-4-3-5-7-21)42-32(48)33(35,36)22-16-23(49-2)19-39-18-22/h8-9,14,16-19,21,26,28H,3-7,10-13,15,37-38H2,1-2H3,(H,40,46)(H,41,45)(H,42,48)/b27-17-/t26-,28+/m1/s1. The van der Waals surface area contributed by atoms with Crippen molar-refractivity contribution in [3.05, 3.63) is 64.7 Å². The Morgan fingerprint density at radius 2 is 1.78 bits per heavy atom. The minimum atomic E-state index is -4.04. The van der Waals surface area contributed by atoms with Crippen LogP contribution < -0.4 is 31.6 Å². The number of ether oxygens (including phenoxy) is 1. The van der Waals surface area contributed by atoms with Gasteiger partial charge in [0.1, 0.15) is 28.6 Å². The number of benzene rings is 1. The van der Waals surface area contributed by atoms with E-state index >= 15 is 13.2 Å². The van der Waals surface area contributed by atoms with Gasteiger partial charge in [0.2, 0.25) is 11.8 Å². The fourth-order valence-corrected chi connectivity index (χ4v) is 6.25. The smallest absolute Gasteiger partial charge is 0.351 e. The Labute approximate surface area is 292 Å². The fraction of sp³-hybridized carbons (Fsp3) is 0.485. The predicted octanol–water partition coefficient (Wildman–Crippen LogP) is 2.23. The molecule has 2 atom stereocenters. The molecule has 17 heteroatoms. The number of pyridine rings is 1. The van der Waals surface area contributed by atoms with Gasteiger partial charge in [0.25, 0.3) is 11.8 Å². The van der Waals surface area contributed by atoms with Crippen LogP contribution in [0.3, 0.4) is 0 Å². The molecule has 0 unspecified atom stereocenters. The van der Waals surface area contributed by atoms with E-state index in [2.05, 4.69) is 25.8 Å². The molecular weight excluding hydrogens is 677 g/mol. The van der Waals surface area contributed by atoms with E-state index in [-0.39, 0.29) is 28.7 Å². The number of hydrogen-bond donors (Lipinski definition) is 5. The van der Waals surface area contributed by atoms with Gasteiger partial charge in [0.15, 0.2) is 0 Å². The molecule has 4 amide bonds. The van der Waals surface area contributed by atoms with Crippen molar-refractivity contribution in [1.29, 1.82) is 0 Å². The molecule has 13 nitrogen and oxygen atoms in total. The maximum Gasteiger partial charge on any atom is 0.351 e. The Hall–Kier alpha value is -4.35. The van der Waals surface area contributed by atoms with Crippen LogP contribution in [0, 0.1) is 11.7 Å². The zero-order chi connectivity index (χ0) is 36.4. The highest BCUT2D eigenvalue weighted by Gasteiger charge is 2.44. The first-order valence-electron chi connectivity index (χ1n) is 16.2. The van der Waals surface area contributed by atoms with Gasteiger partial charge in [-0.2, -0.15) is 8.78 Å². The first-order valence-corrected chi connectivity index (χ1v) is 17.1. The van der Waals surface area contributed by atoms with Crippen molar-refractivity contribution < 1.29 is 37.1 Å². The number of aromatic nitrogens is 1. The second-order valence-electron chi connectivity index (χ2n) is 12.3. The highest BCUT2D eigenvalue weighted by Crippen LogP contribution is 2.32.